The maximum atomic E-state index is 10.4. The van der Waals surface area contributed by atoms with Crippen molar-refractivity contribution in [3.63, 3.8) is 0 Å². The van der Waals surface area contributed by atoms with Crippen LogP contribution in [0.2, 0.25) is 0 Å². The van der Waals surface area contributed by atoms with Crippen molar-refractivity contribution in [1.29, 1.82) is 0 Å². The summed E-state index contributed by atoms with van der Waals surface area (Å²) in [5.74, 6) is 1.83. The number of fused-ring (bicyclic) bond motifs is 1. The van der Waals surface area contributed by atoms with Crippen molar-refractivity contribution in [2.24, 2.45) is 0 Å². The lowest BCUT2D eigenvalue weighted by atomic mass is 9.92. The molecule has 0 saturated heterocycles. The third kappa shape index (κ3) is 1.66. The Labute approximate surface area is 109 Å². The smallest absolute Gasteiger partial charge is 0.231 e. The van der Waals surface area contributed by atoms with Crippen LogP contribution < -0.4 is 9.47 Å². The fourth-order valence-electron chi connectivity index (χ4n) is 2.35. The van der Waals surface area contributed by atoms with Crippen LogP contribution in [-0.4, -0.2) is 11.9 Å². The summed E-state index contributed by atoms with van der Waals surface area (Å²) in [5.41, 5.74) is 1.47. The molecule has 1 aromatic rings. The molecular formula is C13H15BrO3. The highest BCUT2D eigenvalue weighted by Crippen LogP contribution is 2.54. The van der Waals surface area contributed by atoms with Gasteiger partial charge in [-0.25, -0.2) is 0 Å². The van der Waals surface area contributed by atoms with E-state index in [9.17, 15) is 5.11 Å². The average Bonchev–Trinajstić information content (AvgIpc) is 2.84. The highest BCUT2D eigenvalue weighted by atomic mass is 79.9. The maximum Gasteiger partial charge on any atom is 0.231 e. The van der Waals surface area contributed by atoms with Crippen molar-refractivity contribution in [2.75, 3.05) is 6.79 Å². The standard InChI is InChI=1S/C13H15BrO3/c1-7(2)10-8(13(15)3-4-13)5-9-12(11(10)14)17-6-16-9/h5,7,15H,3-4,6H2,1-2H3. The lowest BCUT2D eigenvalue weighted by molar-refractivity contribution is 0.149. The van der Waals surface area contributed by atoms with Gasteiger partial charge >= 0.3 is 0 Å². The van der Waals surface area contributed by atoms with Gasteiger partial charge in [-0.15, -0.1) is 0 Å². The van der Waals surface area contributed by atoms with E-state index >= 15 is 0 Å². The second kappa shape index (κ2) is 3.62. The van der Waals surface area contributed by atoms with Gasteiger partial charge in [0.15, 0.2) is 11.5 Å². The molecule has 4 heteroatoms. The second-order valence-electron chi connectivity index (χ2n) is 5.07. The molecule has 0 radical (unpaired) electrons. The van der Waals surface area contributed by atoms with Gasteiger partial charge in [0.25, 0.3) is 0 Å². The van der Waals surface area contributed by atoms with Crippen molar-refractivity contribution in [3.05, 3.63) is 21.7 Å². The van der Waals surface area contributed by atoms with Crippen LogP contribution in [0.1, 0.15) is 43.7 Å². The van der Waals surface area contributed by atoms with Gasteiger partial charge < -0.3 is 14.6 Å². The number of rotatable bonds is 2. The molecular weight excluding hydrogens is 284 g/mol. The summed E-state index contributed by atoms with van der Waals surface area (Å²) in [5, 5.41) is 10.4. The molecule has 1 N–H and O–H groups in total. The molecule has 3 nitrogen and oxygen atoms in total. The zero-order valence-corrected chi connectivity index (χ0v) is 11.5. The average molecular weight is 299 g/mol. The van der Waals surface area contributed by atoms with Crippen LogP contribution in [0.15, 0.2) is 10.5 Å². The quantitative estimate of drug-likeness (QED) is 0.911. The lowest BCUT2D eigenvalue weighted by Gasteiger charge is -2.20. The molecule has 0 spiro atoms. The number of hydrogen-bond donors (Lipinski definition) is 1. The molecule has 1 aliphatic carbocycles. The molecule has 3 rings (SSSR count). The topological polar surface area (TPSA) is 38.7 Å². The van der Waals surface area contributed by atoms with Crippen LogP contribution >= 0.6 is 15.9 Å². The fraction of sp³-hybridized carbons (Fsp3) is 0.538. The minimum atomic E-state index is -0.650. The second-order valence-corrected chi connectivity index (χ2v) is 5.86. The Kier molecular flexibility index (Phi) is 2.42. The molecule has 1 heterocycles. The van der Waals surface area contributed by atoms with Crippen LogP contribution in [-0.2, 0) is 5.60 Å². The molecule has 17 heavy (non-hydrogen) atoms. The first-order valence-electron chi connectivity index (χ1n) is 5.88. The van der Waals surface area contributed by atoms with Gasteiger partial charge in [0, 0.05) is 0 Å². The van der Waals surface area contributed by atoms with Gasteiger partial charge in [0.1, 0.15) is 0 Å². The molecule has 0 aromatic heterocycles. The summed E-state index contributed by atoms with van der Waals surface area (Å²) in [6, 6.07) is 1.94. The first-order chi connectivity index (χ1) is 8.03. The van der Waals surface area contributed by atoms with Crippen LogP contribution in [0.3, 0.4) is 0 Å². The summed E-state index contributed by atoms with van der Waals surface area (Å²) < 4.78 is 11.8. The fourth-order valence-corrected chi connectivity index (χ4v) is 3.34. The van der Waals surface area contributed by atoms with E-state index in [0.717, 1.165) is 39.9 Å². The number of benzene rings is 1. The van der Waals surface area contributed by atoms with Crippen molar-refractivity contribution in [1.82, 2.24) is 0 Å². The Hall–Kier alpha value is -0.740. The van der Waals surface area contributed by atoms with Gasteiger partial charge in [-0.05, 0) is 51.9 Å². The molecule has 92 valence electrons. The predicted octanol–water partition coefficient (Wildman–Crippen LogP) is 3.28. The third-order valence-corrected chi connectivity index (χ3v) is 4.23. The molecule has 0 atom stereocenters. The van der Waals surface area contributed by atoms with E-state index in [-0.39, 0.29) is 6.79 Å². The zero-order valence-electron chi connectivity index (χ0n) is 9.92. The molecule has 1 fully saturated rings. The molecule has 1 aromatic carbocycles. The summed E-state index contributed by atoms with van der Waals surface area (Å²) >= 11 is 3.59. The maximum absolute atomic E-state index is 10.4. The van der Waals surface area contributed by atoms with Crippen LogP contribution in [0.5, 0.6) is 11.5 Å². The van der Waals surface area contributed by atoms with Crippen molar-refractivity contribution >= 4 is 15.9 Å². The third-order valence-electron chi connectivity index (χ3n) is 3.45. The Balaban J connectivity index is 2.23. The normalized spacial score (nSPS) is 19.8. The molecule has 0 unspecified atom stereocenters. The van der Waals surface area contributed by atoms with E-state index in [2.05, 4.69) is 29.8 Å². The van der Waals surface area contributed by atoms with Gasteiger partial charge in [0.2, 0.25) is 6.79 Å². The number of hydrogen-bond acceptors (Lipinski definition) is 3. The van der Waals surface area contributed by atoms with E-state index in [1.165, 1.54) is 0 Å². The van der Waals surface area contributed by atoms with E-state index in [0.29, 0.717) is 5.92 Å². The Bertz CT molecular complexity index is 478. The predicted molar refractivity (Wildman–Crippen MR) is 67.5 cm³/mol. The van der Waals surface area contributed by atoms with E-state index < -0.39 is 5.60 Å². The minimum absolute atomic E-state index is 0.257. The molecule has 0 amide bonds. The van der Waals surface area contributed by atoms with E-state index in [1.54, 1.807) is 0 Å². The molecule has 1 saturated carbocycles. The monoisotopic (exact) mass is 298 g/mol. The van der Waals surface area contributed by atoms with Crippen molar-refractivity contribution < 1.29 is 14.6 Å². The molecule has 2 aliphatic rings. The van der Waals surface area contributed by atoms with E-state index in [1.807, 2.05) is 6.07 Å². The summed E-state index contributed by atoms with van der Waals surface area (Å²) in [6.45, 7) is 4.50. The van der Waals surface area contributed by atoms with Gasteiger partial charge in [-0.2, -0.15) is 0 Å². The summed E-state index contributed by atoms with van der Waals surface area (Å²) in [6.07, 6.45) is 1.66. The lowest BCUT2D eigenvalue weighted by Crippen LogP contribution is -2.10. The summed E-state index contributed by atoms with van der Waals surface area (Å²) in [4.78, 5) is 0. The first-order valence-corrected chi connectivity index (χ1v) is 6.67. The van der Waals surface area contributed by atoms with Gasteiger partial charge in [-0.1, -0.05) is 13.8 Å². The number of halogens is 1. The van der Waals surface area contributed by atoms with E-state index in [4.69, 9.17) is 9.47 Å². The van der Waals surface area contributed by atoms with Crippen molar-refractivity contribution in [2.45, 2.75) is 38.2 Å². The minimum Gasteiger partial charge on any atom is -0.454 e. The highest BCUT2D eigenvalue weighted by Gasteiger charge is 2.45. The largest absolute Gasteiger partial charge is 0.454 e. The molecule has 0 bridgehead atoms. The number of aliphatic hydroxyl groups is 1. The summed E-state index contributed by atoms with van der Waals surface area (Å²) in [7, 11) is 0. The van der Waals surface area contributed by atoms with Crippen LogP contribution in [0, 0.1) is 0 Å². The highest BCUT2D eigenvalue weighted by molar-refractivity contribution is 9.10. The SMILES string of the molecule is CC(C)c1c(C2(O)CC2)cc2c(c1Br)OCO2. The first kappa shape index (κ1) is 11.4. The van der Waals surface area contributed by atoms with Crippen LogP contribution in [0.4, 0.5) is 0 Å². The zero-order chi connectivity index (χ0) is 12.2. The van der Waals surface area contributed by atoms with Crippen LogP contribution in [0.25, 0.3) is 0 Å². The van der Waals surface area contributed by atoms with Gasteiger partial charge in [-0.3, -0.25) is 0 Å². The number of ether oxygens (including phenoxy) is 2. The Morgan fingerprint density at radius 2 is 2.06 bits per heavy atom. The van der Waals surface area contributed by atoms with Crippen molar-refractivity contribution in [3.8, 4) is 11.5 Å². The molecule has 1 aliphatic heterocycles. The Morgan fingerprint density at radius 3 is 2.65 bits per heavy atom. The van der Waals surface area contributed by atoms with Gasteiger partial charge in [0.05, 0.1) is 10.1 Å². The Morgan fingerprint density at radius 1 is 1.35 bits per heavy atom.